The molecule has 0 bridgehead atoms. The number of amides is 2. The normalized spacial score (nSPS) is 23.3. The van der Waals surface area contributed by atoms with Crippen molar-refractivity contribution in [3.05, 3.63) is 71.4 Å². The molecule has 3 aromatic rings. The van der Waals surface area contributed by atoms with Gasteiger partial charge in [0.05, 0.1) is 12.0 Å². The van der Waals surface area contributed by atoms with E-state index in [0.29, 0.717) is 19.3 Å². The minimum Gasteiger partial charge on any atom is -0.480 e. The molecule has 2 aliphatic rings. The molecule has 3 heterocycles. The van der Waals surface area contributed by atoms with E-state index in [1.807, 2.05) is 68.4 Å². The third-order valence-corrected chi connectivity index (χ3v) is 7.54. The predicted octanol–water partition coefficient (Wildman–Crippen LogP) is 3.77. The van der Waals surface area contributed by atoms with Gasteiger partial charge in [-0.2, -0.15) is 0 Å². The fraction of sp³-hybridized carbons (Fsp3) is 0.370. The van der Waals surface area contributed by atoms with Crippen LogP contribution in [0.4, 0.5) is 0 Å². The quantitative estimate of drug-likeness (QED) is 0.522. The molecule has 176 valence electrons. The number of aromatic amines is 1. The molecule has 2 amide bonds. The van der Waals surface area contributed by atoms with Gasteiger partial charge in [0.1, 0.15) is 12.1 Å². The van der Waals surface area contributed by atoms with Gasteiger partial charge in [-0.1, -0.05) is 68.8 Å². The Morgan fingerprint density at radius 2 is 1.85 bits per heavy atom. The van der Waals surface area contributed by atoms with Gasteiger partial charge in [0, 0.05) is 23.0 Å². The molecule has 2 aromatic carbocycles. The van der Waals surface area contributed by atoms with E-state index in [1.54, 1.807) is 4.90 Å². The Balaban J connectivity index is 1.56. The summed E-state index contributed by atoms with van der Waals surface area (Å²) in [5.41, 5.74) is 3.93. The van der Waals surface area contributed by atoms with Gasteiger partial charge in [-0.05, 0) is 29.5 Å². The number of nitrogens with zero attached hydrogens (tertiary/aromatic N) is 1. The highest BCUT2D eigenvalue weighted by Crippen LogP contribution is 2.48. The van der Waals surface area contributed by atoms with Crippen LogP contribution in [0, 0.1) is 5.92 Å². The maximum absolute atomic E-state index is 13.7. The number of nitrogens with one attached hydrogen (secondary N) is 2. The second-order valence-corrected chi connectivity index (χ2v) is 9.45. The van der Waals surface area contributed by atoms with Gasteiger partial charge in [-0.3, -0.25) is 9.59 Å². The second-order valence-electron chi connectivity index (χ2n) is 9.45. The molecular weight excluding hydrogens is 430 g/mol. The number of hydrogen-bond acceptors (Lipinski definition) is 3. The summed E-state index contributed by atoms with van der Waals surface area (Å²) in [6.45, 7) is 3.71. The molecule has 1 saturated heterocycles. The lowest BCUT2D eigenvalue weighted by molar-refractivity contribution is -0.146. The summed E-state index contributed by atoms with van der Waals surface area (Å²) in [6, 6.07) is 15.6. The average Bonchev–Trinajstić information content (AvgIpc) is 3.40. The Morgan fingerprint density at radius 3 is 2.56 bits per heavy atom. The standard InChI is InChI=1S/C27H29N3O4/c1-3-15(2)23(27(33)34)29-25(31)22-14-19-17-11-7-8-12-20(17)28-24(19)21-13-18(26(32)30(21)22)16-9-5-4-6-10-16/h4-12,15,18,21-23,28H,3,13-14H2,1-2H3,(H,29,31)(H,33,34)/t15-,18?,21+,22-,23-/m0/s1. The third-order valence-electron chi connectivity index (χ3n) is 7.54. The molecule has 0 aliphatic carbocycles. The maximum atomic E-state index is 13.7. The lowest BCUT2D eigenvalue weighted by atomic mass is 9.90. The highest BCUT2D eigenvalue weighted by molar-refractivity contribution is 5.96. The summed E-state index contributed by atoms with van der Waals surface area (Å²) >= 11 is 0. The van der Waals surface area contributed by atoms with Crippen molar-refractivity contribution < 1.29 is 19.5 Å². The van der Waals surface area contributed by atoms with Gasteiger partial charge in [0.15, 0.2) is 0 Å². The molecule has 2 aliphatic heterocycles. The second kappa shape index (κ2) is 8.63. The molecular formula is C27H29N3O4. The number of carboxylic acids is 1. The van der Waals surface area contributed by atoms with Gasteiger partial charge in [-0.15, -0.1) is 0 Å². The van der Waals surface area contributed by atoms with E-state index in [4.69, 9.17) is 0 Å². The zero-order chi connectivity index (χ0) is 24.0. The largest absolute Gasteiger partial charge is 0.480 e. The van der Waals surface area contributed by atoms with Gasteiger partial charge in [0.25, 0.3) is 0 Å². The lowest BCUT2D eigenvalue weighted by Gasteiger charge is -2.37. The number of fused-ring (bicyclic) bond motifs is 5. The minimum atomic E-state index is -1.06. The van der Waals surface area contributed by atoms with E-state index in [9.17, 15) is 19.5 Å². The predicted molar refractivity (Wildman–Crippen MR) is 128 cm³/mol. The number of H-pyrrole nitrogens is 1. The Morgan fingerprint density at radius 1 is 1.15 bits per heavy atom. The number of aromatic nitrogens is 1. The van der Waals surface area contributed by atoms with Crippen LogP contribution in [0.2, 0.25) is 0 Å². The number of para-hydroxylation sites is 1. The van der Waals surface area contributed by atoms with Crippen molar-refractivity contribution in [1.29, 1.82) is 0 Å². The van der Waals surface area contributed by atoms with Gasteiger partial charge < -0.3 is 20.3 Å². The lowest BCUT2D eigenvalue weighted by Crippen LogP contribution is -2.56. The Hall–Kier alpha value is -3.61. The SMILES string of the molecule is CC[C@H](C)[C@H](NC(=O)[C@@H]1Cc2c([nH]c3ccccc23)[C@H]2CC(c3ccccc3)C(=O)N21)C(=O)O. The van der Waals surface area contributed by atoms with Crippen LogP contribution in [0.25, 0.3) is 10.9 Å². The van der Waals surface area contributed by atoms with Crippen LogP contribution in [-0.4, -0.2) is 44.9 Å². The minimum absolute atomic E-state index is 0.0870. The highest BCUT2D eigenvalue weighted by atomic mass is 16.4. The molecule has 34 heavy (non-hydrogen) atoms. The van der Waals surface area contributed by atoms with Crippen LogP contribution in [0.1, 0.15) is 55.5 Å². The highest BCUT2D eigenvalue weighted by Gasteiger charge is 2.51. The number of rotatable bonds is 6. The Labute approximate surface area is 198 Å². The molecule has 7 heteroatoms. The molecule has 0 spiro atoms. The first-order valence-corrected chi connectivity index (χ1v) is 11.9. The molecule has 0 saturated carbocycles. The number of carbonyl (C=O) groups excluding carboxylic acids is 2. The third kappa shape index (κ3) is 3.56. The van der Waals surface area contributed by atoms with Gasteiger partial charge in [0.2, 0.25) is 11.8 Å². The molecule has 1 aromatic heterocycles. The van der Waals surface area contributed by atoms with Gasteiger partial charge in [-0.25, -0.2) is 4.79 Å². The molecule has 5 atom stereocenters. The van der Waals surface area contributed by atoms with Crippen molar-refractivity contribution in [2.24, 2.45) is 5.92 Å². The van der Waals surface area contributed by atoms with E-state index in [-0.39, 0.29) is 23.8 Å². The van der Waals surface area contributed by atoms with E-state index in [2.05, 4.69) is 10.3 Å². The first-order chi connectivity index (χ1) is 16.4. The van der Waals surface area contributed by atoms with Crippen LogP contribution in [-0.2, 0) is 20.8 Å². The summed E-state index contributed by atoms with van der Waals surface area (Å²) in [7, 11) is 0. The molecule has 1 unspecified atom stereocenters. The zero-order valence-electron chi connectivity index (χ0n) is 19.3. The van der Waals surface area contributed by atoms with E-state index in [1.165, 1.54) is 0 Å². The fourth-order valence-corrected chi connectivity index (χ4v) is 5.53. The van der Waals surface area contributed by atoms with Crippen molar-refractivity contribution >= 4 is 28.7 Å². The fourth-order valence-electron chi connectivity index (χ4n) is 5.53. The van der Waals surface area contributed by atoms with Crippen LogP contribution < -0.4 is 5.32 Å². The topological polar surface area (TPSA) is 103 Å². The van der Waals surface area contributed by atoms with E-state index < -0.39 is 24.0 Å². The van der Waals surface area contributed by atoms with Crippen molar-refractivity contribution in [2.75, 3.05) is 0 Å². The smallest absolute Gasteiger partial charge is 0.326 e. The zero-order valence-corrected chi connectivity index (χ0v) is 19.3. The Bertz CT molecular complexity index is 1250. The number of carbonyl (C=O) groups is 3. The number of carboxylic acid groups (broad SMARTS) is 1. The van der Waals surface area contributed by atoms with E-state index in [0.717, 1.165) is 27.7 Å². The van der Waals surface area contributed by atoms with Crippen LogP contribution in [0.15, 0.2) is 54.6 Å². The Kier molecular flexibility index (Phi) is 5.63. The summed E-state index contributed by atoms with van der Waals surface area (Å²) in [5.74, 6) is -2.12. The molecule has 7 nitrogen and oxygen atoms in total. The summed E-state index contributed by atoms with van der Waals surface area (Å²) in [4.78, 5) is 44.3. The maximum Gasteiger partial charge on any atom is 0.326 e. The summed E-state index contributed by atoms with van der Waals surface area (Å²) < 4.78 is 0. The van der Waals surface area contributed by atoms with Crippen molar-refractivity contribution in [2.45, 2.75) is 57.2 Å². The number of hydrogen-bond donors (Lipinski definition) is 3. The molecule has 1 fully saturated rings. The molecule has 5 rings (SSSR count). The molecule has 0 radical (unpaired) electrons. The van der Waals surface area contributed by atoms with Crippen LogP contribution >= 0.6 is 0 Å². The van der Waals surface area contributed by atoms with Gasteiger partial charge >= 0.3 is 5.97 Å². The van der Waals surface area contributed by atoms with Crippen molar-refractivity contribution in [3.8, 4) is 0 Å². The number of benzene rings is 2. The van der Waals surface area contributed by atoms with Crippen molar-refractivity contribution in [3.63, 3.8) is 0 Å². The van der Waals surface area contributed by atoms with Crippen LogP contribution in [0.3, 0.4) is 0 Å². The first kappa shape index (κ1) is 22.2. The molecule has 3 N–H and O–H groups in total. The van der Waals surface area contributed by atoms with E-state index >= 15 is 0 Å². The number of aliphatic carboxylic acids is 1. The average molecular weight is 460 g/mol. The van der Waals surface area contributed by atoms with Crippen molar-refractivity contribution in [1.82, 2.24) is 15.2 Å². The monoisotopic (exact) mass is 459 g/mol. The first-order valence-electron chi connectivity index (χ1n) is 11.9. The summed E-state index contributed by atoms with van der Waals surface area (Å²) in [6.07, 6.45) is 1.54. The van der Waals surface area contributed by atoms with Crippen LogP contribution in [0.5, 0.6) is 0 Å². The summed E-state index contributed by atoms with van der Waals surface area (Å²) in [5, 5.41) is 13.5.